The summed E-state index contributed by atoms with van der Waals surface area (Å²) in [5.41, 5.74) is -2.00. The molecule has 0 aliphatic heterocycles. The average molecular weight is 268 g/mol. The van der Waals surface area contributed by atoms with Gasteiger partial charge in [-0.3, -0.25) is 4.79 Å². The smallest absolute Gasteiger partial charge is 0.309 e. The number of hydrogen-bond acceptors (Lipinski definition) is 4. The van der Waals surface area contributed by atoms with Gasteiger partial charge in [-0.1, -0.05) is 13.8 Å². The normalized spacial score (nSPS) is 49.2. The first-order chi connectivity index (χ1) is 8.86. The van der Waals surface area contributed by atoms with E-state index in [1.54, 1.807) is 0 Å². The van der Waals surface area contributed by atoms with Crippen LogP contribution in [-0.2, 0) is 9.53 Å². The fraction of sp³-hybridized carbons (Fsp3) is 0.933. The molecule has 0 aromatic heterocycles. The summed E-state index contributed by atoms with van der Waals surface area (Å²) in [6.45, 7) is 3.76. The molecule has 4 bridgehead atoms. The third kappa shape index (κ3) is 2.00. The van der Waals surface area contributed by atoms with Crippen molar-refractivity contribution in [3.8, 4) is 0 Å². The van der Waals surface area contributed by atoms with Gasteiger partial charge in [-0.15, -0.1) is 0 Å². The van der Waals surface area contributed by atoms with Crippen LogP contribution >= 0.6 is 0 Å². The van der Waals surface area contributed by atoms with E-state index in [0.29, 0.717) is 43.9 Å². The fourth-order valence-electron chi connectivity index (χ4n) is 4.66. The number of rotatable bonds is 3. The van der Waals surface area contributed by atoms with Crippen molar-refractivity contribution in [3.63, 3.8) is 0 Å². The molecular weight excluding hydrogens is 244 g/mol. The Morgan fingerprint density at radius 3 is 2.11 bits per heavy atom. The predicted molar refractivity (Wildman–Crippen MR) is 69.3 cm³/mol. The summed E-state index contributed by atoms with van der Waals surface area (Å²) >= 11 is 0. The Kier molecular flexibility index (Phi) is 2.95. The number of carbonyl (C=O) groups excluding carboxylic acids is 1. The average Bonchev–Trinajstić information content (AvgIpc) is 2.30. The molecule has 108 valence electrons. The summed E-state index contributed by atoms with van der Waals surface area (Å²) < 4.78 is 5.55. The van der Waals surface area contributed by atoms with Crippen LogP contribution in [0.15, 0.2) is 0 Å². The van der Waals surface area contributed by atoms with E-state index in [1.165, 1.54) is 0 Å². The van der Waals surface area contributed by atoms with Crippen molar-refractivity contribution in [1.29, 1.82) is 0 Å². The summed E-state index contributed by atoms with van der Waals surface area (Å²) in [4.78, 5) is 12.0. The number of carbonyl (C=O) groups is 1. The van der Waals surface area contributed by atoms with Crippen LogP contribution in [-0.4, -0.2) is 33.5 Å². The number of ether oxygens (including phenoxy) is 1. The highest BCUT2D eigenvalue weighted by Crippen LogP contribution is 2.58. The van der Waals surface area contributed by atoms with Gasteiger partial charge in [-0.05, 0) is 50.4 Å². The minimum Gasteiger partial charge on any atom is -0.456 e. The highest BCUT2D eigenvalue weighted by Gasteiger charge is 2.65. The third-order valence-corrected chi connectivity index (χ3v) is 5.46. The van der Waals surface area contributed by atoms with Crippen LogP contribution in [0.5, 0.6) is 0 Å². The molecular formula is C15H24O4. The van der Waals surface area contributed by atoms with Gasteiger partial charge in [-0.25, -0.2) is 0 Å². The molecule has 0 radical (unpaired) electrons. The molecule has 4 fully saturated rings. The highest BCUT2D eigenvalue weighted by molar-refractivity contribution is 5.72. The van der Waals surface area contributed by atoms with E-state index in [9.17, 15) is 15.0 Å². The number of aliphatic hydroxyl groups is 2. The Morgan fingerprint density at radius 1 is 1.21 bits per heavy atom. The van der Waals surface area contributed by atoms with Gasteiger partial charge in [0.25, 0.3) is 0 Å². The molecule has 0 spiro atoms. The van der Waals surface area contributed by atoms with E-state index in [-0.39, 0.29) is 11.9 Å². The molecule has 4 heteroatoms. The lowest BCUT2D eigenvalue weighted by Gasteiger charge is -2.61. The Morgan fingerprint density at radius 2 is 1.68 bits per heavy atom. The molecule has 2 N–H and O–H groups in total. The molecule has 0 saturated heterocycles. The minimum atomic E-state index is -0.998. The molecule has 0 aromatic carbocycles. The molecule has 0 aromatic rings. The maximum atomic E-state index is 12.0. The molecule has 0 heterocycles. The van der Waals surface area contributed by atoms with E-state index in [1.807, 2.05) is 13.8 Å². The molecule has 4 rings (SSSR count). The molecule has 1 unspecified atom stereocenters. The zero-order valence-corrected chi connectivity index (χ0v) is 11.8. The molecule has 19 heavy (non-hydrogen) atoms. The Balaban J connectivity index is 1.82. The molecule has 4 nitrogen and oxygen atoms in total. The molecule has 4 saturated carbocycles. The SMILES string of the molecule is CCC(C)C(=O)OC1C2(O)CC3CC(C2)CC1(O)C3. The van der Waals surface area contributed by atoms with E-state index in [0.717, 1.165) is 6.42 Å². The first kappa shape index (κ1) is 13.4. The maximum Gasteiger partial charge on any atom is 0.309 e. The van der Waals surface area contributed by atoms with Crippen LogP contribution in [0.1, 0.15) is 52.4 Å². The maximum absolute atomic E-state index is 12.0. The Labute approximate surface area is 114 Å². The van der Waals surface area contributed by atoms with E-state index < -0.39 is 17.3 Å². The zero-order chi connectivity index (χ0) is 13.8. The lowest BCUT2D eigenvalue weighted by Crippen LogP contribution is -2.70. The van der Waals surface area contributed by atoms with Crippen LogP contribution in [0.3, 0.4) is 0 Å². The van der Waals surface area contributed by atoms with Gasteiger partial charge in [-0.2, -0.15) is 0 Å². The molecule has 0 amide bonds. The van der Waals surface area contributed by atoms with Gasteiger partial charge < -0.3 is 14.9 Å². The predicted octanol–water partition coefficient (Wildman–Crippen LogP) is 1.63. The van der Waals surface area contributed by atoms with Crippen molar-refractivity contribution in [2.45, 2.75) is 69.7 Å². The highest BCUT2D eigenvalue weighted by atomic mass is 16.6. The van der Waals surface area contributed by atoms with Crippen molar-refractivity contribution in [2.75, 3.05) is 0 Å². The van der Waals surface area contributed by atoms with E-state index in [2.05, 4.69) is 0 Å². The summed E-state index contributed by atoms with van der Waals surface area (Å²) in [5.74, 6) is 0.313. The van der Waals surface area contributed by atoms with Crippen LogP contribution in [0.4, 0.5) is 0 Å². The molecule has 4 aliphatic carbocycles. The van der Waals surface area contributed by atoms with Crippen molar-refractivity contribution < 1.29 is 19.7 Å². The monoisotopic (exact) mass is 268 g/mol. The van der Waals surface area contributed by atoms with E-state index in [4.69, 9.17) is 4.74 Å². The van der Waals surface area contributed by atoms with Gasteiger partial charge >= 0.3 is 5.97 Å². The van der Waals surface area contributed by atoms with Crippen LogP contribution in [0, 0.1) is 17.8 Å². The second-order valence-electron chi connectivity index (χ2n) is 7.12. The van der Waals surface area contributed by atoms with Gasteiger partial charge in [0.2, 0.25) is 0 Å². The number of hydrogen-bond donors (Lipinski definition) is 2. The van der Waals surface area contributed by atoms with Crippen molar-refractivity contribution >= 4 is 5.97 Å². The zero-order valence-electron chi connectivity index (χ0n) is 11.8. The van der Waals surface area contributed by atoms with Crippen LogP contribution in [0.25, 0.3) is 0 Å². The van der Waals surface area contributed by atoms with Gasteiger partial charge in [0.1, 0.15) is 11.2 Å². The summed E-state index contributed by atoms with van der Waals surface area (Å²) in [7, 11) is 0. The molecule has 1 atom stereocenters. The lowest BCUT2D eigenvalue weighted by atomic mass is 9.51. The first-order valence-corrected chi connectivity index (χ1v) is 7.51. The second-order valence-corrected chi connectivity index (χ2v) is 7.12. The minimum absolute atomic E-state index is 0.176. The third-order valence-electron chi connectivity index (χ3n) is 5.46. The van der Waals surface area contributed by atoms with Crippen molar-refractivity contribution in [3.05, 3.63) is 0 Å². The largest absolute Gasteiger partial charge is 0.456 e. The fourth-order valence-corrected chi connectivity index (χ4v) is 4.66. The standard InChI is InChI=1S/C15H24O4/c1-3-9(2)12(16)19-13-14(17)5-10-4-11(7-14)8-15(13,18)6-10/h9-11,13,17-18H,3-8H2,1-2H3. The first-order valence-electron chi connectivity index (χ1n) is 7.51. The van der Waals surface area contributed by atoms with E-state index >= 15 is 0 Å². The van der Waals surface area contributed by atoms with Crippen LogP contribution < -0.4 is 0 Å². The van der Waals surface area contributed by atoms with Gasteiger partial charge in [0.15, 0.2) is 6.10 Å². The lowest BCUT2D eigenvalue weighted by molar-refractivity contribution is -0.278. The Bertz CT molecular complexity index is 356. The van der Waals surface area contributed by atoms with Gasteiger partial charge in [0.05, 0.1) is 5.92 Å². The van der Waals surface area contributed by atoms with Crippen LogP contribution in [0.2, 0.25) is 0 Å². The number of esters is 1. The Hall–Kier alpha value is -0.610. The summed E-state index contributed by atoms with van der Waals surface area (Å²) in [5, 5.41) is 21.6. The summed E-state index contributed by atoms with van der Waals surface area (Å²) in [6.07, 6.45) is 3.78. The van der Waals surface area contributed by atoms with Crippen molar-refractivity contribution in [2.24, 2.45) is 17.8 Å². The quantitative estimate of drug-likeness (QED) is 0.763. The second kappa shape index (κ2) is 4.19. The van der Waals surface area contributed by atoms with Gasteiger partial charge in [0, 0.05) is 0 Å². The molecule has 4 aliphatic rings. The summed E-state index contributed by atoms with van der Waals surface area (Å²) in [6, 6.07) is 0. The topological polar surface area (TPSA) is 66.8 Å². The van der Waals surface area contributed by atoms with Crippen molar-refractivity contribution in [1.82, 2.24) is 0 Å².